The molecule has 3 rings (SSSR count). The molecule has 0 aliphatic heterocycles. The molecule has 106 valence electrons. The lowest BCUT2D eigenvalue weighted by Gasteiger charge is -2.12. The van der Waals surface area contributed by atoms with Gasteiger partial charge >= 0.3 is 5.97 Å². The second kappa shape index (κ2) is 5.32. The summed E-state index contributed by atoms with van der Waals surface area (Å²) in [6.07, 6.45) is 1.91. The van der Waals surface area contributed by atoms with Crippen molar-refractivity contribution in [3.8, 4) is 0 Å². The highest BCUT2D eigenvalue weighted by Gasteiger charge is 2.11. The second-order valence-corrected chi connectivity index (χ2v) is 5.06. The van der Waals surface area contributed by atoms with Crippen molar-refractivity contribution < 1.29 is 9.90 Å². The van der Waals surface area contributed by atoms with Gasteiger partial charge in [-0.3, -0.25) is 0 Å². The van der Waals surface area contributed by atoms with Crippen molar-refractivity contribution in [2.24, 2.45) is 0 Å². The highest BCUT2D eigenvalue weighted by atomic mass is 16.4. The molecule has 0 spiro atoms. The zero-order valence-electron chi connectivity index (χ0n) is 11.7. The summed E-state index contributed by atoms with van der Waals surface area (Å²) in [5, 5.41) is 13.7. The lowest BCUT2D eigenvalue weighted by Crippen LogP contribution is -2.08. The first-order chi connectivity index (χ1) is 10.1. The van der Waals surface area contributed by atoms with E-state index in [1.54, 1.807) is 12.1 Å². The molecule has 0 bridgehead atoms. The van der Waals surface area contributed by atoms with Gasteiger partial charge in [-0.1, -0.05) is 18.2 Å². The number of hydrogen-bond donors (Lipinski definition) is 3. The molecule has 2 aromatic carbocycles. The first-order valence-electron chi connectivity index (χ1n) is 6.78. The highest BCUT2D eigenvalue weighted by Crippen LogP contribution is 2.22. The van der Waals surface area contributed by atoms with E-state index in [0.29, 0.717) is 17.8 Å². The lowest BCUT2D eigenvalue weighted by atomic mass is 10.1. The van der Waals surface area contributed by atoms with Crippen molar-refractivity contribution in [2.45, 2.75) is 13.5 Å². The molecule has 0 aliphatic carbocycles. The summed E-state index contributed by atoms with van der Waals surface area (Å²) < 4.78 is 0. The number of para-hydroxylation sites is 1. The Bertz CT molecular complexity index is 805. The molecule has 0 saturated heterocycles. The number of aromatic carboxylic acids is 1. The largest absolute Gasteiger partial charge is 0.478 e. The van der Waals surface area contributed by atoms with Crippen molar-refractivity contribution in [1.82, 2.24) is 4.98 Å². The van der Waals surface area contributed by atoms with Crippen molar-refractivity contribution >= 4 is 22.6 Å². The number of aryl methyl sites for hydroxylation is 1. The summed E-state index contributed by atoms with van der Waals surface area (Å²) >= 11 is 0. The third kappa shape index (κ3) is 2.60. The molecule has 3 aromatic rings. The molecule has 21 heavy (non-hydrogen) atoms. The number of anilines is 1. The van der Waals surface area contributed by atoms with Crippen LogP contribution < -0.4 is 5.32 Å². The Morgan fingerprint density at radius 1 is 1.24 bits per heavy atom. The number of H-pyrrole nitrogens is 1. The molecule has 1 aromatic heterocycles. The number of benzene rings is 2. The van der Waals surface area contributed by atoms with Gasteiger partial charge in [0.2, 0.25) is 0 Å². The van der Waals surface area contributed by atoms with Crippen molar-refractivity contribution in [2.75, 3.05) is 5.32 Å². The maximum Gasteiger partial charge on any atom is 0.337 e. The smallest absolute Gasteiger partial charge is 0.337 e. The van der Waals surface area contributed by atoms with E-state index in [4.69, 9.17) is 0 Å². The zero-order chi connectivity index (χ0) is 14.8. The first-order valence-corrected chi connectivity index (χ1v) is 6.78. The summed E-state index contributed by atoms with van der Waals surface area (Å²) in [6, 6.07) is 13.5. The molecule has 0 saturated carbocycles. The molecule has 0 radical (unpaired) electrons. The predicted octanol–water partition coefficient (Wildman–Crippen LogP) is 3.79. The molecule has 1 heterocycles. The van der Waals surface area contributed by atoms with Crippen LogP contribution in [0.2, 0.25) is 0 Å². The molecule has 3 N–H and O–H groups in total. The number of fused-ring (bicyclic) bond motifs is 1. The normalized spacial score (nSPS) is 10.7. The Kier molecular flexibility index (Phi) is 3.36. The van der Waals surface area contributed by atoms with E-state index in [9.17, 15) is 9.90 Å². The number of rotatable bonds is 4. The number of aromatic amines is 1. The predicted molar refractivity (Wildman–Crippen MR) is 83.8 cm³/mol. The minimum Gasteiger partial charge on any atom is -0.478 e. The third-order valence-corrected chi connectivity index (χ3v) is 3.59. The van der Waals surface area contributed by atoms with E-state index >= 15 is 0 Å². The van der Waals surface area contributed by atoms with Crippen LogP contribution in [0, 0.1) is 6.92 Å². The van der Waals surface area contributed by atoms with Gasteiger partial charge in [0.1, 0.15) is 0 Å². The van der Waals surface area contributed by atoms with Gasteiger partial charge in [0.25, 0.3) is 0 Å². The lowest BCUT2D eigenvalue weighted by molar-refractivity contribution is 0.0698. The van der Waals surface area contributed by atoms with E-state index in [1.807, 2.05) is 37.4 Å². The Morgan fingerprint density at radius 2 is 2.10 bits per heavy atom. The second-order valence-electron chi connectivity index (χ2n) is 5.06. The fourth-order valence-corrected chi connectivity index (χ4v) is 2.48. The van der Waals surface area contributed by atoms with Gasteiger partial charge in [0, 0.05) is 18.3 Å². The van der Waals surface area contributed by atoms with Crippen molar-refractivity contribution in [3.63, 3.8) is 0 Å². The third-order valence-electron chi connectivity index (χ3n) is 3.59. The van der Waals surface area contributed by atoms with Gasteiger partial charge < -0.3 is 15.4 Å². The Balaban J connectivity index is 1.85. The molecular formula is C17H16N2O2. The number of nitrogens with one attached hydrogen (secondary N) is 2. The van der Waals surface area contributed by atoms with Crippen LogP contribution in [0.15, 0.2) is 48.7 Å². The quantitative estimate of drug-likeness (QED) is 0.681. The van der Waals surface area contributed by atoms with Gasteiger partial charge in [0.15, 0.2) is 0 Å². The Labute approximate surface area is 122 Å². The number of hydrogen-bond acceptors (Lipinski definition) is 2. The van der Waals surface area contributed by atoms with Crippen LogP contribution >= 0.6 is 0 Å². The molecule has 0 unspecified atom stereocenters. The molecule has 0 atom stereocenters. The first kappa shape index (κ1) is 13.2. The summed E-state index contributed by atoms with van der Waals surface area (Å²) in [5.41, 5.74) is 4.12. The standard InChI is InChI=1S/C17H16N2O2/c1-11-3-2-4-14(17(20)21)16(11)19-10-12-5-6-15-13(9-12)7-8-18-15/h2-9,18-19H,10H2,1H3,(H,20,21). The molecule has 4 nitrogen and oxygen atoms in total. The van der Waals surface area contributed by atoms with Crippen LogP contribution in [0.3, 0.4) is 0 Å². The molecular weight excluding hydrogens is 264 g/mol. The van der Waals surface area contributed by atoms with Crippen molar-refractivity contribution in [3.05, 3.63) is 65.4 Å². The summed E-state index contributed by atoms with van der Waals surface area (Å²) in [5.74, 6) is -0.915. The van der Waals surface area contributed by atoms with Crippen LogP contribution in [0.5, 0.6) is 0 Å². The van der Waals surface area contributed by atoms with Gasteiger partial charge in [-0.15, -0.1) is 0 Å². The molecule has 4 heteroatoms. The van der Waals surface area contributed by atoms with E-state index in [1.165, 1.54) is 0 Å². The highest BCUT2D eigenvalue weighted by molar-refractivity contribution is 5.95. The topological polar surface area (TPSA) is 65.1 Å². The van der Waals surface area contributed by atoms with Crippen LogP contribution in [0.4, 0.5) is 5.69 Å². The number of carbonyl (C=O) groups is 1. The van der Waals surface area contributed by atoms with Gasteiger partial charge in [-0.25, -0.2) is 4.79 Å². The average Bonchev–Trinajstić information content (AvgIpc) is 2.93. The van der Waals surface area contributed by atoms with E-state index in [0.717, 1.165) is 22.0 Å². The number of carboxylic acid groups (broad SMARTS) is 1. The van der Waals surface area contributed by atoms with E-state index in [2.05, 4.69) is 16.4 Å². The summed E-state index contributed by atoms with van der Waals surface area (Å²) in [4.78, 5) is 14.4. The zero-order valence-corrected chi connectivity index (χ0v) is 11.7. The average molecular weight is 280 g/mol. The van der Waals surface area contributed by atoms with Crippen LogP contribution in [0.25, 0.3) is 10.9 Å². The van der Waals surface area contributed by atoms with E-state index < -0.39 is 5.97 Å². The minimum atomic E-state index is -0.915. The van der Waals surface area contributed by atoms with Crippen LogP contribution in [0.1, 0.15) is 21.5 Å². The maximum atomic E-state index is 11.3. The molecule has 0 fully saturated rings. The molecule has 0 amide bonds. The van der Waals surface area contributed by atoms with Crippen molar-refractivity contribution in [1.29, 1.82) is 0 Å². The van der Waals surface area contributed by atoms with Gasteiger partial charge in [-0.05, 0) is 47.7 Å². The summed E-state index contributed by atoms with van der Waals surface area (Å²) in [6.45, 7) is 2.50. The van der Waals surface area contributed by atoms with E-state index in [-0.39, 0.29) is 0 Å². The van der Waals surface area contributed by atoms with Crippen LogP contribution in [-0.4, -0.2) is 16.1 Å². The van der Waals surface area contributed by atoms with Gasteiger partial charge in [-0.2, -0.15) is 0 Å². The number of aromatic nitrogens is 1. The monoisotopic (exact) mass is 280 g/mol. The Morgan fingerprint density at radius 3 is 2.90 bits per heavy atom. The van der Waals surface area contributed by atoms with Crippen LogP contribution in [-0.2, 0) is 6.54 Å². The SMILES string of the molecule is Cc1cccc(C(=O)O)c1NCc1ccc2[nH]ccc2c1. The Hall–Kier alpha value is -2.75. The fourth-order valence-electron chi connectivity index (χ4n) is 2.48. The number of carboxylic acids is 1. The van der Waals surface area contributed by atoms with Gasteiger partial charge in [0.05, 0.1) is 11.3 Å². The molecule has 0 aliphatic rings. The minimum absolute atomic E-state index is 0.303. The fraction of sp³-hybridized carbons (Fsp3) is 0.118. The maximum absolute atomic E-state index is 11.3. The summed E-state index contributed by atoms with van der Waals surface area (Å²) in [7, 11) is 0.